The maximum absolute atomic E-state index is 9.73. The number of aromatic nitrogens is 2. The molecule has 3 nitrogen and oxygen atoms in total. The predicted molar refractivity (Wildman–Crippen MR) is 231 cm³/mol. The van der Waals surface area contributed by atoms with E-state index in [0.29, 0.717) is 11.4 Å². The number of hydrogen-bond acceptors (Lipinski definition) is 3. The van der Waals surface area contributed by atoms with E-state index in [-0.39, 0.29) is 0 Å². The standard InChI is InChI=1S/C54H35N3/c55-36-37-16-13-21-40(32-37)41-22-14-24-43(33-41)54(49-30-11-9-27-46(49)47-28-10-12-31-50(47)54)44-25-15-23-42(34-44)51-35-52(57-53(56-51)39-19-5-2-6-20-39)48-29-8-7-26-45(48)38-17-3-1-4-18-38/h1-35H. The Bertz CT molecular complexity index is 2930. The zero-order valence-corrected chi connectivity index (χ0v) is 31.0. The van der Waals surface area contributed by atoms with E-state index in [2.05, 4.69) is 176 Å². The smallest absolute Gasteiger partial charge is 0.160 e. The Morgan fingerprint density at radius 1 is 0.351 bits per heavy atom. The van der Waals surface area contributed by atoms with E-state index in [1.54, 1.807) is 0 Å². The van der Waals surface area contributed by atoms with E-state index in [9.17, 15) is 5.26 Å². The minimum Gasteiger partial charge on any atom is -0.228 e. The van der Waals surface area contributed by atoms with Gasteiger partial charge in [-0.05, 0) is 86.0 Å². The average Bonchev–Trinajstić information content (AvgIpc) is 3.61. The highest BCUT2D eigenvalue weighted by atomic mass is 14.9. The fourth-order valence-corrected chi connectivity index (χ4v) is 8.66. The van der Waals surface area contributed by atoms with Crippen LogP contribution in [0.4, 0.5) is 0 Å². The monoisotopic (exact) mass is 725 g/mol. The van der Waals surface area contributed by atoms with Crippen LogP contribution in [0, 0.1) is 11.3 Å². The molecule has 0 spiro atoms. The van der Waals surface area contributed by atoms with Crippen molar-refractivity contribution in [2.75, 3.05) is 0 Å². The summed E-state index contributed by atoms with van der Waals surface area (Å²) < 4.78 is 0. The summed E-state index contributed by atoms with van der Waals surface area (Å²) in [5.41, 5.74) is 16.3. The summed E-state index contributed by atoms with van der Waals surface area (Å²) in [4.78, 5) is 10.5. The van der Waals surface area contributed by atoms with Gasteiger partial charge in [0, 0.05) is 16.7 Å². The molecule has 57 heavy (non-hydrogen) atoms. The molecule has 0 radical (unpaired) electrons. The van der Waals surface area contributed by atoms with Crippen molar-refractivity contribution in [1.29, 1.82) is 5.26 Å². The zero-order valence-electron chi connectivity index (χ0n) is 31.0. The maximum Gasteiger partial charge on any atom is 0.160 e. The number of nitrogens with zero attached hydrogens (tertiary/aromatic N) is 3. The molecule has 0 atom stereocenters. The molecule has 1 aliphatic rings. The minimum atomic E-state index is -0.635. The van der Waals surface area contributed by atoms with Crippen LogP contribution >= 0.6 is 0 Å². The van der Waals surface area contributed by atoms with Crippen LogP contribution < -0.4 is 0 Å². The van der Waals surface area contributed by atoms with Gasteiger partial charge in [-0.25, -0.2) is 9.97 Å². The average molecular weight is 726 g/mol. The summed E-state index contributed by atoms with van der Waals surface area (Å²) in [6.07, 6.45) is 0. The predicted octanol–water partition coefficient (Wildman–Crippen LogP) is 13.0. The molecule has 3 heteroatoms. The molecule has 1 heterocycles. The normalized spacial score (nSPS) is 12.3. The highest BCUT2D eigenvalue weighted by molar-refractivity contribution is 5.88. The molecule has 0 unspecified atom stereocenters. The molecule has 0 aliphatic heterocycles. The molecule has 0 fully saturated rings. The van der Waals surface area contributed by atoms with Crippen LogP contribution in [0.15, 0.2) is 212 Å². The molecule has 0 N–H and O–H groups in total. The second kappa shape index (κ2) is 14.2. The quantitative estimate of drug-likeness (QED) is 0.164. The summed E-state index contributed by atoms with van der Waals surface area (Å²) >= 11 is 0. The van der Waals surface area contributed by atoms with Crippen molar-refractivity contribution in [3.05, 3.63) is 240 Å². The van der Waals surface area contributed by atoms with Crippen LogP contribution in [0.2, 0.25) is 0 Å². The van der Waals surface area contributed by atoms with Gasteiger partial charge in [0.1, 0.15) is 0 Å². The van der Waals surface area contributed by atoms with E-state index in [1.165, 1.54) is 22.3 Å². The zero-order chi connectivity index (χ0) is 38.2. The van der Waals surface area contributed by atoms with Gasteiger partial charge in [0.05, 0.1) is 28.4 Å². The highest BCUT2D eigenvalue weighted by Gasteiger charge is 2.46. The Balaban J connectivity index is 1.21. The van der Waals surface area contributed by atoms with Gasteiger partial charge >= 0.3 is 0 Å². The molecule has 8 aromatic carbocycles. The van der Waals surface area contributed by atoms with Crippen LogP contribution in [0.5, 0.6) is 0 Å². The van der Waals surface area contributed by atoms with Gasteiger partial charge < -0.3 is 0 Å². The number of nitriles is 1. The Morgan fingerprint density at radius 2 is 0.825 bits per heavy atom. The number of hydrogen-bond donors (Lipinski definition) is 0. The van der Waals surface area contributed by atoms with E-state index in [1.807, 2.05) is 42.5 Å². The summed E-state index contributed by atoms with van der Waals surface area (Å²) in [6, 6.07) is 76.9. The SMILES string of the molecule is N#Cc1cccc(-c2cccc(C3(c4cccc(-c5cc(-c6ccccc6-c6ccccc6)nc(-c6ccccc6)n5)c4)c4ccccc4-c4ccccc43)c2)c1. The third kappa shape index (κ3) is 5.84. The van der Waals surface area contributed by atoms with Crippen LogP contribution in [-0.2, 0) is 5.41 Å². The molecule has 9 aromatic rings. The lowest BCUT2D eigenvalue weighted by Gasteiger charge is -2.34. The summed E-state index contributed by atoms with van der Waals surface area (Å²) in [5.74, 6) is 0.676. The lowest BCUT2D eigenvalue weighted by molar-refractivity contribution is 0.769. The Kier molecular flexibility index (Phi) is 8.43. The summed E-state index contributed by atoms with van der Waals surface area (Å²) in [5, 5.41) is 9.73. The van der Waals surface area contributed by atoms with Gasteiger partial charge in [-0.1, -0.05) is 182 Å². The first-order valence-corrected chi connectivity index (χ1v) is 19.2. The fraction of sp³-hybridized carbons (Fsp3) is 0.0185. The number of fused-ring (bicyclic) bond motifs is 3. The molecule has 10 rings (SSSR count). The molecular formula is C54H35N3. The first kappa shape index (κ1) is 33.9. The maximum atomic E-state index is 9.73. The molecule has 0 bridgehead atoms. The fourth-order valence-electron chi connectivity index (χ4n) is 8.66. The third-order valence-corrected chi connectivity index (χ3v) is 11.2. The lowest BCUT2D eigenvalue weighted by atomic mass is 9.67. The molecule has 1 aliphatic carbocycles. The van der Waals surface area contributed by atoms with Crippen LogP contribution in [0.25, 0.3) is 67.3 Å². The summed E-state index contributed by atoms with van der Waals surface area (Å²) in [7, 11) is 0. The van der Waals surface area contributed by atoms with Gasteiger partial charge in [-0.2, -0.15) is 5.26 Å². The van der Waals surface area contributed by atoms with Gasteiger partial charge in [-0.15, -0.1) is 0 Å². The Labute approximate surface area is 332 Å². The van der Waals surface area contributed by atoms with Crippen molar-refractivity contribution in [1.82, 2.24) is 9.97 Å². The number of benzene rings is 8. The second-order valence-corrected chi connectivity index (χ2v) is 14.4. The number of rotatable bonds is 7. The van der Waals surface area contributed by atoms with Crippen LogP contribution in [-0.4, -0.2) is 9.97 Å². The second-order valence-electron chi connectivity index (χ2n) is 14.4. The Hall–Kier alpha value is -7.67. The molecule has 0 saturated carbocycles. The van der Waals surface area contributed by atoms with E-state index in [0.717, 1.165) is 61.5 Å². The van der Waals surface area contributed by atoms with E-state index in [4.69, 9.17) is 9.97 Å². The molecule has 1 aromatic heterocycles. The van der Waals surface area contributed by atoms with Crippen molar-refractivity contribution in [2.45, 2.75) is 5.41 Å². The van der Waals surface area contributed by atoms with Gasteiger partial charge in [0.25, 0.3) is 0 Å². The first-order valence-electron chi connectivity index (χ1n) is 19.2. The molecule has 266 valence electrons. The lowest BCUT2D eigenvalue weighted by Crippen LogP contribution is -2.28. The van der Waals surface area contributed by atoms with Crippen molar-refractivity contribution in [2.24, 2.45) is 0 Å². The van der Waals surface area contributed by atoms with Crippen LogP contribution in [0.3, 0.4) is 0 Å². The van der Waals surface area contributed by atoms with Crippen molar-refractivity contribution >= 4 is 0 Å². The largest absolute Gasteiger partial charge is 0.228 e. The molecule has 0 saturated heterocycles. The first-order chi connectivity index (χ1) is 28.2. The van der Waals surface area contributed by atoms with E-state index < -0.39 is 5.41 Å². The minimum absolute atomic E-state index is 0.635. The van der Waals surface area contributed by atoms with Gasteiger partial charge in [0.2, 0.25) is 0 Å². The highest BCUT2D eigenvalue weighted by Crippen LogP contribution is 2.56. The topological polar surface area (TPSA) is 49.6 Å². The third-order valence-electron chi connectivity index (χ3n) is 11.2. The van der Waals surface area contributed by atoms with E-state index >= 15 is 0 Å². The molecular weight excluding hydrogens is 691 g/mol. The Morgan fingerprint density at radius 3 is 1.47 bits per heavy atom. The van der Waals surface area contributed by atoms with Crippen molar-refractivity contribution in [3.8, 4) is 73.4 Å². The van der Waals surface area contributed by atoms with Gasteiger partial charge in [-0.3, -0.25) is 0 Å². The van der Waals surface area contributed by atoms with Gasteiger partial charge in [0.15, 0.2) is 5.82 Å². The van der Waals surface area contributed by atoms with Crippen molar-refractivity contribution in [3.63, 3.8) is 0 Å². The van der Waals surface area contributed by atoms with Crippen LogP contribution in [0.1, 0.15) is 27.8 Å². The summed E-state index contributed by atoms with van der Waals surface area (Å²) in [6.45, 7) is 0. The van der Waals surface area contributed by atoms with Crippen molar-refractivity contribution < 1.29 is 0 Å². The molecule has 0 amide bonds.